The quantitative estimate of drug-likeness (QED) is 0.370. The van der Waals surface area contributed by atoms with Crippen molar-refractivity contribution in [3.63, 3.8) is 0 Å². The van der Waals surface area contributed by atoms with Crippen LogP contribution in [0.2, 0.25) is 0 Å². The Kier molecular flexibility index (Phi) is 7.07. The summed E-state index contributed by atoms with van der Waals surface area (Å²) < 4.78 is 5.98. The van der Waals surface area contributed by atoms with Crippen LogP contribution in [-0.2, 0) is 6.54 Å². The number of hydrogen-bond donors (Lipinski definition) is 1. The first-order chi connectivity index (χ1) is 18.9. The second-order valence-corrected chi connectivity index (χ2v) is 11.7. The van der Waals surface area contributed by atoms with Crippen molar-refractivity contribution in [2.24, 2.45) is 5.92 Å². The fraction of sp³-hybridized carbons (Fsp3) is 0.400. The number of nitrogens with one attached hydrogen (secondary N) is 1. The predicted molar refractivity (Wildman–Crippen MR) is 158 cm³/mol. The first kappa shape index (κ1) is 25.5. The topological polar surface area (TPSA) is 79.2 Å². The van der Waals surface area contributed by atoms with Crippen LogP contribution in [-0.4, -0.2) is 56.0 Å². The standard InChI is InChI=1S/C30H33N7OS/c1-20(2)6-7-22-15-23-16-31-30(34-28(23)37(29(22)38)18-24-17-32-39-21(24)3)33-25-8-10-26(11-9-25)36-14-13-35-12-4-5-27(35)19-36/h8-11,15-17,20,27H,4-5,12-14,18-19H2,1-3H3,(H,31,33,34). The van der Waals surface area contributed by atoms with Crippen LogP contribution >= 0.6 is 11.5 Å². The van der Waals surface area contributed by atoms with Gasteiger partial charge in [0.25, 0.3) is 5.56 Å². The van der Waals surface area contributed by atoms with Gasteiger partial charge in [-0.3, -0.25) is 14.3 Å². The normalized spacial score (nSPS) is 17.3. The smallest absolute Gasteiger partial charge is 0.268 e. The highest BCUT2D eigenvalue weighted by molar-refractivity contribution is 7.05. The highest BCUT2D eigenvalue weighted by Crippen LogP contribution is 2.27. The van der Waals surface area contributed by atoms with Crippen LogP contribution in [0.4, 0.5) is 17.3 Å². The molecule has 0 aliphatic carbocycles. The molecule has 1 unspecified atom stereocenters. The summed E-state index contributed by atoms with van der Waals surface area (Å²) >= 11 is 1.43. The summed E-state index contributed by atoms with van der Waals surface area (Å²) in [7, 11) is 0. The van der Waals surface area contributed by atoms with Crippen molar-refractivity contribution in [2.75, 3.05) is 36.4 Å². The second kappa shape index (κ2) is 10.8. The van der Waals surface area contributed by atoms with Crippen molar-refractivity contribution in [1.29, 1.82) is 0 Å². The van der Waals surface area contributed by atoms with Crippen molar-refractivity contribution in [1.82, 2.24) is 23.8 Å². The molecule has 39 heavy (non-hydrogen) atoms. The van der Waals surface area contributed by atoms with E-state index in [1.165, 1.54) is 36.6 Å². The van der Waals surface area contributed by atoms with Gasteiger partial charge in [-0.2, -0.15) is 4.98 Å². The van der Waals surface area contributed by atoms with E-state index in [-0.39, 0.29) is 11.5 Å². The molecule has 0 radical (unpaired) electrons. The lowest BCUT2D eigenvalue weighted by Crippen LogP contribution is -2.50. The number of pyridine rings is 1. The number of rotatable bonds is 5. The van der Waals surface area contributed by atoms with Gasteiger partial charge >= 0.3 is 0 Å². The molecular weight excluding hydrogens is 506 g/mol. The summed E-state index contributed by atoms with van der Waals surface area (Å²) in [5.41, 5.74) is 4.02. The van der Waals surface area contributed by atoms with Gasteiger partial charge in [0.15, 0.2) is 0 Å². The Balaban J connectivity index is 1.28. The van der Waals surface area contributed by atoms with E-state index in [1.807, 2.05) is 27.0 Å². The summed E-state index contributed by atoms with van der Waals surface area (Å²) in [6.45, 7) is 11.0. The molecule has 0 spiro atoms. The second-order valence-electron chi connectivity index (χ2n) is 10.7. The Morgan fingerprint density at radius 2 is 2.00 bits per heavy atom. The van der Waals surface area contributed by atoms with Gasteiger partial charge in [-0.15, -0.1) is 0 Å². The highest BCUT2D eigenvalue weighted by Gasteiger charge is 2.30. The largest absolute Gasteiger partial charge is 0.369 e. The molecule has 2 saturated heterocycles. The minimum absolute atomic E-state index is 0.155. The number of hydrogen-bond acceptors (Lipinski definition) is 8. The van der Waals surface area contributed by atoms with Crippen molar-refractivity contribution >= 4 is 39.9 Å². The Morgan fingerprint density at radius 3 is 2.77 bits per heavy atom. The molecule has 2 aliphatic heterocycles. The fourth-order valence-electron chi connectivity index (χ4n) is 5.43. The molecule has 6 rings (SSSR count). The maximum atomic E-state index is 13.5. The van der Waals surface area contributed by atoms with Gasteiger partial charge in [-0.25, -0.2) is 9.36 Å². The monoisotopic (exact) mass is 539 g/mol. The lowest BCUT2D eigenvalue weighted by Gasteiger charge is -2.38. The molecule has 1 atom stereocenters. The van der Waals surface area contributed by atoms with E-state index in [0.717, 1.165) is 41.1 Å². The number of nitrogens with zero attached hydrogens (tertiary/aromatic N) is 6. The van der Waals surface area contributed by atoms with Crippen LogP contribution in [0.1, 0.15) is 42.7 Å². The van der Waals surface area contributed by atoms with Crippen molar-refractivity contribution in [3.8, 4) is 11.8 Å². The van der Waals surface area contributed by atoms with E-state index in [9.17, 15) is 4.79 Å². The highest BCUT2D eigenvalue weighted by atomic mass is 32.1. The number of fused-ring (bicyclic) bond motifs is 2. The average molecular weight is 540 g/mol. The molecule has 2 aliphatic rings. The Bertz CT molecular complexity index is 1610. The molecule has 3 aromatic heterocycles. The number of anilines is 3. The zero-order valence-electron chi connectivity index (χ0n) is 22.6. The van der Waals surface area contributed by atoms with E-state index in [0.29, 0.717) is 29.7 Å². The molecule has 0 amide bonds. The zero-order valence-corrected chi connectivity index (χ0v) is 23.5. The number of aromatic nitrogens is 4. The molecule has 0 saturated carbocycles. The minimum Gasteiger partial charge on any atom is -0.369 e. The molecule has 2 fully saturated rings. The SMILES string of the molecule is Cc1sncc1Cn1c(=O)c(C#CC(C)C)cc2cnc(Nc3ccc(N4CCN5CCCC5C4)cc3)nc21. The predicted octanol–water partition coefficient (Wildman–Crippen LogP) is 4.64. The maximum Gasteiger partial charge on any atom is 0.268 e. The van der Waals surface area contributed by atoms with Crippen LogP contribution in [0.3, 0.4) is 0 Å². The Labute approximate surface area is 232 Å². The van der Waals surface area contributed by atoms with E-state index in [4.69, 9.17) is 4.98 Å². The zero-order chi connectivity index (χ0) is 26.9. The van der Waals surface area contributed by atoms with Crippen LogP contribution in [0.5, 0.6) is 0 Å². The third-order valence-corrected chi connectivity index (χ3v) is 8.32. The molecule has 9 heteroatoms. The van der Waals surface area contributed by atoms with Gasteiger partial charge in [0, 0.05) is 71.2 Å². The van der Waals surface area contributed by atoms with Crippen LogP contribution in [0.25, 0.3) is 11.0 Å². The summed E-state index contributed by atoms with van der Waals surface area (Å²) in [6, 6.07) is 11.0. The van der Waals surface area contributed by atoms with E-state index in [1.54, 1.807) is 16.8 Å². The number of aryl methyl sites for hydroxylation is 1. The lowest BCUT2D eigenvalue weighted by atomic mass is 10.1. The van der Waals surface area contributed by atoms with Crippen LogP contribution < -0.4 is 15.8 Å². The first-order valence-electron chi connectivity index (χ1n) is 13.6. The molecule has 4 aromatic rings. The van der Waals surface area contributed by atoms with E-state index < -0.39 is 0 Å². The average Bonchev–Trinajstić information content (AvgIpc) is 3.58. The third-order valence-electron chi connectivity index (χ3n) is 7.58. The van der Waals surface area contributed by atoms with Gasteiger partial charge in [0.1, 0.15) is 5.65 Å². The lowest BCUT2D eigenvalue weighted by molar-refractivity contribution is 0.231. The summed E-state index contributed by atoms with van der Waals surface area (Å²) in [4.78, 5) is 29.1. The van der Waals surface area contributed by atoms with Gasteiger partial charge in [-0.05, 0) is 68.2 Å². The van der Waals surface area contributed by atoms with Crippen molar-refractivity contribution < 1.29 is 0 Å². The van der Waals surface area contributed by atoms with Crippen LogP contribution in [0.15, 0.2) is 47.5 Å². The van der Waals surface area contributed by atoms with Crippen molar-refractivity contribution in [2.45, 2.75) is 46.2 Å². The summed E-state index contributed by atoms with van der Waals surface area (Å²) in [6.07, 6.45) is 6.20. The van der Waals surface area contributed by atoms with Gasteiger partial charge in [-0.1, -0.05) is 25.7 Å². The Hall–Kier alpha value is -3.74. The van der Waals surface area contributed by atoms with Gasteiger partial charge in [0.05, 0.1) is 12.1 Å². The Morgan fingerprint density at radius 1 is 1.15 bits per heavy atom. The van der Waals surface area contributed by atoms with Gasteiger partial charge in [0.2, 0.25) is 5.95 Å². The molecular formula is C30H33N7OS. The minimum atomic E-state index is -0.155. The molecule has 1 aromatic carbocycles. The number of piperazine rings is 1. The van der Waals surface area contributed by atoms with Crippen molar-refractivity contribution in [3.05, 3.63) is 69.1 Å². The van der Waals surface area contributed by atoms with E-state index >= 15 is 0 Å². The first-order valence-corrected chi connectivity index (χ1v) is 14.4. The fourth-order valence-corrected chi connectivity index (χ4v) is 6.00. The third kappa shape index (κ3) is 5.40. The van der Waals surface area contributed by atoms with Gasteiger partial charge < -0.3 is 10.2 Å². The molecule has 0 bridgehead atoms. The molecule has 8 nitrogen and oxygen atoms in total. The molecule has 200 valence electrons. The molecule has 1 N–H and O–H groups in total. The van der Waals surface area contributed by atoms with E-state index in [2.05, 4.69) is 60.6 Å². The summed E-state index contributed by atoms with van der Waals surface area (Å²) in [5.74, 6) is 6.79. The summed E-state index contributed by atoms with van der Waals surface area (Å²) in [5, 5.41) is 4.11. The van der Waals surface area contributed by atoms with Crippen LogP contribution in [0, 0.1) is 24.7 Å². The maximum absolute atomic E-state index is 13.5. The number of benzene rings is 1. The molecule has 5 heterocycles.